The highest BCUT2D eigenvalue weighted by atomic mass is 35.5. The Morgan fingerprint density at radius 3 is 1.31 bits per heavy atom. The lowest BCUT2D eigenvalue weighted by atomic mass is 10.2. The third-order valence-corrected chi connectivity index (χ3v) is 6.80. The Balaban J connectivity index is 0.000000403. The molecule has 0 unspecified atom stereocenters. The second kappa shape index (κ2) is 29.8. The standard InChI is InChI=1S/C17H18N2O2.2C12H10N2.C4H10O.CH2Cl2.ClH/c1-17(2,3)21-16(20)18-10-6-7-13-11-14-8-4-5-9-15(14)19-12-13;2*13-7-3-4-10-8-11-5-1-2-6-12(11)14-9-10;1-3-5-4-2;2-1-3;/h4-5,8-9,11-12H,10H2,1-3H3,(H,18,20);2*1-2,5-6,8-9H,7,13H2;3-4H2,1-2H3;1H2;1H. The van der Waals surface area contributed by atoms with E-state index in [0.717, 1.165) is 62.6 Å². The number of ether oxygens (including phenoxy) is 2. The van der Waals surface area contributed by atoms with E-state index in [9.17, 15) is 4.79 Å². The molecule has 3 aromatic carbocycles. The zero-order valence-electron chi connectivity index (χ0n) is 33.5. The van der Waals surface area contributed by atoms with E-state index in [4.69, 9.17) is 44.1 Å². The minimum atomic E-state index is -0.500. The third-order valence-electron chi connectivity index (χ3n) is 6.80. The summed E-state index contributed by atoms with van der Waals surface area (Å²) in [6.45, 7) is 12.1. The fraction of sp³-hybridized carbons (Fsp3) is 0.261. The van der Waals surface area contributed by atoms with Crippen LogP contribution >= 0.6 is 35.6 Å². The van der Waals surface area contributed by atoms with Crippen LogP contribution in [0.2, 0.25) is 0 Å². The SMILES string of the molecule is CC(C)(C)OC(=O)NCC#Cc1cnc2ccccc2c1.CCOCC.Cl.ClCCl.NCC#Cc1cnc2ccccc2c1.NCC#Cc1cnc2ccccc2c1. The summed E-state index contributed by atoms with van der Waals surface area (Å²) in [5.74, 6) is 17.4. The van der Waals surface area contributed by atoms with Gasteiger partial charge in [-0.1, -0.05) is 90.1 Å². The van der Waals surface area contributed by atoms with Gasteiger partial charge in [-0.25, -0.2) is 4.79 Å². The van der Waals surface area contributed by atoms with Gasteiger partial charge < -0.3 is 26.3 Å². The van der Waals surface area contributed by atoms with E-state index in [0.29, 0.717) is 13.1 Å². The number of halogens is 3. The summed E-state index contributed by atoms with van der Waals surface area (Å²) in [5.41, 5.74) is 15.7. The highest BCUT2D eigenvalue weighted by Gasteiger charge is 2.15. The van der Waals surface area contributed by atoms with Crippen molar-refractivity contribution in [1.29, 1.82) is 0 Å². The first-order valence-corrected chi connectivity index (χ1v) is 19.2. The molecule has 0 aliphatic carbocycles. The first-order chi connectivity index (χ1) is 27.6. The summed E-state index contributed by atoms with van der Waals surface area (Å²) in [4.78, 5) is 24.3. The number of nitrogens with two attached hydrogens (primary N) is 2. The number of aromatic nitrogens is 3. The molecule has 304 valence electrons. The van der Waals surface area contributed by atoms with Crippen LogP contribution in [0.5, 0.6) is 0 Å². The number of alkyl halides is 2. The van der Waals surface area contributed by atoms with Gasteiger partial charge in [0.25, 0.3) is 0 Å². The van der Waals surface area contributed by atoms with Gasteiger partial charge in [0.1, 0.15) is 5.60 Å². The van der Waals surface area contributed by atoms with E-state index < -0.39 is 11.7 Å². The van der Waals surface area contributed by atoms with E-state index in [1.54, 1.807) is 18.6 Å². The fourth-order valence-electron chi connectivity index (χ4n) is 4.51. The molecule has 0 saturated carbocycles. The lowest BCUT2D eigenvalue weighted by Gasteiger charge is -2.18. The van der Waals surface area contributed by atoms with Crippen molar-refractivity contribution in [3.8, 4) is 35.5 Å². The molecule has 0 aliphatic rings. The second-order valence-electron chi connectivity index (χ2n) is 12.3. The molecule has 6 rings (SSSR count). The van der Waals surface area contributed by atoms with Gasteiger partial charge in [0.15, 0.2) is 0 Å². The predicted octanol–water partition coefficient (Wildman–Crippen LogP) is 9.09. The molecule has 1 amide bonds. The number of fused-ring (bicyclic) bond motifs is 3. The molecule has 0 bridgehead atoms. The van der Waals surface area contributed by atoms with Gasteiger partial charge in [-0.15, -0.1) is 35.6 Å². The highest BCUT2D eigenvalue weighted by Crippen LogP contribution is 2.14. The van der Waals surface area contributed by atoms with Crippen LogP contribution in [0.25, 0.3) is 32.7 Å². The molecule has 0 fully saturated rings. The molecule has 3 aromatic heterocycles. The minimum Gasteiger partial charge on any atom is -0.444 e. The Morgan fingerprint density at radius 1 is 0.655 bits per heavy atom. The molecular weight excluding hydrogens is 791 g/mol. The van der Waals surface area contributed by atoms with Crippen LogP contribution < -0.4 is 16.8 Å². The molecule has 58 heavy (non-hydrogen) atoms. The summed E-state index contributed by atoms with van der Waals surface area (Å²) in [7, 11) is 0. The number of hydrogen-bond acceptors (Lipinski definition) is 8. The van der Waals surface area contributed by atoms with Gasteiger partial charge >= 0.3 is 6.09 Å². The zero-order chi connectivity index (χ0) is 41.7. The number of benzene rings is 3. The number of nitrogens with one attached hydrogen (secondary N) is 1. The van der Waals surface area contributed by atoms with Crippen molar-refractivity contribution < 1.29 is 14.3 Å². The Kier molecular flexibility index (Phi) is 26.0. The van der Waals surface area contributed by atoms with E-state index in [1.807, 2.05) is 126 Å². The first-order valence-electron chi connectivity index (χ1n) is 18.1. The molecule has 12 heteroatoms. The molecule has 6 aromatic rings. The van der Waals surface area contributed by atoms with Crippen LogP contribution in [0, 0.1) is 35.5 Å². The summed E-state index contributed by atoms with van der Waals surface area (Å²) in [6, 6.07) is 29.8. The quantitative estimate of drug-likeness (QED) is 0.119. The fourth-order valence-corrected chi connectivity index (χ4v) is 4.51. The molecule has 9 nitrogen and oxygen atoms in total. The van der Waals surface area contributed by atoms with Crippen molar-refractivity contribution >= 4 is 74.4 Å². The third kappa shape index (κ3) is 21.2. The van der Waals surface area contributed by atoms with Crippen molar-refractivity contribution in [3.63, 3.8) is 0 Å². The maximum absolute atomic E-state index is 11.4. The molecule has 0 atom stereocenters. The molecule has 0 spiro atoms. The number of carbonyl (C=O) groups excluding carboxylic acids is 1. The summed E-state index contributed by atoms with van der Waals surface area (Å²) >= 11 is 9.53. The number of rotatable bonds is 3. The maximum Gasteiger partial charge on any atom is 0.408 e. The smallest absolute Gasteiger partial charge is 0.408 e. The van der Waals surface area contributed by atoms with Crippen molar-refractivity contribution in [3.05, 3.63) is 126 Å². The monoisotopic (exact) mass is 840 g/mol. The molecule has 0 radical (unpaired) electrons. The molecule has 0 aliphatic heterocycles. The van der Waals surface area contributed by atoms with E-state index >= 15 is 0 Å². The topological polar surface area (TPSA) is 138 Å². The maximum atomic E-state index is 11.4. The van der Waals surface area contributed by atoms with E-state index in [1.165, 1.54) is 0 Å². The van der Waals surface area contributed by atoms with Crippen LogP contribution in [0.1, 0.15) is 51.3 Å². The van der Waals surface area contributed by atoms with Crippen molar-refractivity contribution in [2.45, 2.75) is 40.2 Å². The van der Waals surface area contributed by atoms with Crippen LogP contribution in [0.3, 0.4) is 0 Å². The van der Waals surface area contributed by atoms with Gasteiger partial charge in [0.05, 0.1) is 41.5 Å². The number of carbonyl (C=O) groups is 1. The van der Waals surface area contributed by atoms with Gasteiger partial charge in [-0.05, 0) is 71.0 Å². The highest BCUT2D eigenvalue weighted by molar-refractivity contribution is 6.40. The molecular formula is C46H51Cl3N6O3. The Morgan fingerprint density at radius 2 is 1.00 bits per heavy atom. The number of nitrogens with zero attached hydrogens (tertiary/aromatic N) is 3. The van der Waals surface area contributed by atoms with Gasteiger partial charge in [0, 0.05) is 64.7 Å². The van der Waals surface area contributed by atoms with Crippen molar-refractivity contribution in [2.75, 3.05) is 38.2 Å². The molecule has 0 saturated heterocycles. The second-order valence-corrected chi connectivity index (χ2v) is 13.1. The van der Waals surface area contributed by atoms with Gasteiger partial charge in [-0.2, -0.15) is 0 Å². The van der Waals surface area contributed by atoms with E-state index in [-0.39, 0.29) is 24.3 Å². The van der Waals surface area contributed by atoms with Crippen LogP contribution in [-0.4, -0.2) is 64.8 Å². The zero-order valence-corrected chi connectivity index (χ0v) is 35.8. The number of hydrogen-bond donors (Lipinski definition) is 3. The van der Waals surface area contributed by atoms with Crippen molar-refractivity contribution in [1.82, 2.24) is 20.3 Å². The van der Waals surface area contributed by atoms with Crippen LogP contribution in [0.15, 0.2) is 110 Å². The largest absolute Gasteiger partial charge is 0.444 e. The Hall–Kier alpha value is -5.41. The van der Waals surface area contributed by atoms with Crippen LogP contribution in [0.4, 0.5) is 4.79 Å². The average molecular weight is 842 g/mol. The summed E-state index contributed by atoms with van der Waals surface area (Å²) < 4.78 is 9.95. The van der Waals surface area contributed by atoms with E-state index in [2.05, 4.69) is 55.8 Å². The minimum absolute atomic E-state index is 0. The number of para-hydroxylation sites is 3. The normalized spacial score (nSPS) is 9.47. The van der Waals surface area contributed by atoms with Crippen molar-refractivity contribution in [2.24, 2.45) is 11.5 Å². The number of amides is 1. The first kappa shape index (κ1) is 50.6. The Labute approximate surface area is 359 Å². The molecule has 5 N–H and O–H groups in total. The van der Waals surface area contributed by atoms with Gasteiger partial charge in [-0.3, -0.25) is 15.0 Å². The predicted molar refractivity (Wildman–Crippen MR) is 244 cm³/mol. The number of alkyl carbamates (subject to hydrolysis) is 1. The summed E-state index contributed by atoms with van der Waals surface area (Å²) in [6.07, 6.45) is 4.80. The lowest BCUT2D eigenvalue weighted by Crippen LogP contribution is -2.32. The lowest BCUT2D eigenvalue weighted by molar-refractivity contribution is 0.0535. The number of pyridine rings is 3. The van der Waals surface area contributed by atoms with Crippen LogP contribution in [-0.2, 0) is 9.47 Å². The summed E-state index contributed by atoms with van der Waals surface area (Å²) in [5, 5.41) is 6.05. The van der Waals surface area contributed by atoms with Gasteiger partial charge in [0.2, 0.25) is 0 Å². The average Bonchev–Trinajstić information content (AvgIpc) is 3.21. The Bertz CT molecular complexity index is 2220. The molecule has 3 heterocycles.